The molecule has 1 aliphatic heterocycles. The largest absolute Gasteiger partial charge is 0.375 e. The zero-order valence-corrected chi connectivity index (χ0v) is 16.6. The van der Waals surface area contributed by atoms with Crippen LogP contribution >= 0.6 is 12.2 Å². The number of amides is 3. The third-order valence-corrected chi connectivity index (χ3v) is 4.41. The molecule has 148 valence electrons. The van der Waals surface area contributed by atoms with Crippen LogP contribution in [0, 0.1) is 19.8 Å². The van der Waals surface area contributed by atoms with Gasteiger partial charge in [0.15, 0.2) is 11.0 Å². The Bertz CT molecular complexity index is 1020. The molecule has 1 aliphatic rings. The number of carbonyl (C=O) groups excluding carboxylic acids is 3. The molecule has 29 heavy (non-hydrogen) atoms. The fourth-order valence-electron chi connectivity index (χ4n) is 2.84. The summed E-state index contributed by atoms with van der Waals surface area (Å²) < 4.78 is 0. The molecule has 9 heteroatoms. The number of aryl methyl sites for hydroxylation is 2. The molecule has 2 aromatic rings. The van der Waals surface area contributed by atoms with Crippen LogP contribution in [0.5, 0.6) is 0 Å². The minimum Gasteiger partial charge on any atom is -0.375 e. The van der Waals surface area contributed by atoms with E-state index in [0.717, 1.165) is 16.0 Å². The highest BCUT2D eigenvalue weighted by Crippen LogP contribution is 2.26. The number of carbonyl (C=O) groups is 3. The van der Waals surface area contributed by atoms with E-state index in [2.05, 4.69) is 15.8 Å². The number of nitrogens with zero attached hydrogens (tertiary/aromatic N) is 2. The zero-order valence-electron chi connectivity index (χ0n) is 15.8. The van der Waals surface area contributed by atoms with Crippen LogP contribution < -0.4 is 21.4 Å². The number of benzene rings is 2. The maximum atomic E-state index is 13.0. The Balaban J connectivity index is 1.95. The van der Waals surface area contributed by atoms with Crippen LogP contribution in [0.3, 0.4) is 0 Å². The van der Waals surface area contributed by atoms with Gasteiger partial charge in [0.25, 0.3) is 11.8 Å². The van der Waals surface area contributed by atoms with E-state index in [0.29, 0.717) is 11.4 Å². The van der Waals surface area contributed by atoms with E-state index in [1.807, 2.05) is 26.0 Å². The smallest absolute Gasteiger partial charge is 0.282 e. The highest BCUT2D eigenvalue weighted by atomic mass is 32.1. The Labute approximate surface area is 172 Å². The van der Waals surface area contributed by atoms with Crippen molar-refractivity contribution < 1.29 is 14.4 Å². The molecule has 0 saturated carbocycles. The summed E-state index contributed by atoms with van der Waals surface area (Å²) in [5, 5.41) is 6.29. The minimum absolute atomic E-state index is 0.191. The average Bonchev–Trinajstić information content (AvgIpc) is 2.92. The van der Waals surface area contributed by atoms with Gasteiger partial charge in [0.1, 0.15) is 5.71 Å². The molecule has 0 aliphatic carbocycles. The number of nitrogens with two attached hydrogens (primary N) is 1. The topological polar surface area (TPSA) is 117 Å². The van der Waals surface area contributed by atoms with Gasteiger partial charge in [0, 0.05) is 5.69 Å². The van der Waals surface area contributed by atoms with Gasteiger partial charge < -0.3 is 11.1 Å². The predicted octanol–water partition coefficient (Wildman–Crippen LogP) is 1.62. The lowest BCUT2D eigenvalue weighted by Gasteiger charge is -2.14. The van der Waals surface area contributed by atoms with E-state index in [-0.39, 0.29) is 10.8 Å². The van der Waals surface area contributed by atoms with Gasteiger partial charge in [-0.15, -0.1) is 0 Å². The van der Waals surface area contributed by atoms with Crippen LogP contribution in [0.15, 0.2) is 53.6 Å². The fourth-order valence-corrected chi connectivity index (χ4v) is 2.88. The Kier molecular flexibility index (Phi) is 5.69. The van der Waals surface area contributed by atoms with E-state index in [1.54, 1.807) is 36.4 Å². The molecule has 4 N–H and O–H groups in total. The van der Waals surface area contributed by atoms with Gasteiger partial charge in [0.2, 0.25) is 5.91 Å². The molecule has 2 aromatic carbocycles. The summed E-state index contributed by atoms with van der Waals surface area (Å²) >= 11 is 4.71. The molecule has 1 fully saturated rings. The maximum absolute atomic E-state index is 13.0. The molecule has 3 rings (SSSR count). The van der Waals surface area contributed by atoms with E-state index in [4.69, 9.17) is 18.0 Å². The molecule has 1 unspecified atom stereocenters. The number of imide groups is 1. The molecule has 0 bridgehead atoms. The highest BCUT2D eigenvalue weighted by Gasteiger charge is 2.50. The normalized spacial score (nSPS) is 17.5. The lowest BCUT2D eigenvalue weighted by molar-refractivity contribution is -0.127. The molecule has 0 spiro atoms. The lowest BCUT2D eigenvalue weighted by atomic mass is 10.0. The van der Waals surface area contributed by atoms with E-state index < -0.39 is 23.6 Å². The third-order valence-electron chi connectivity index (χ3n) is 4.32. The van der Waals surface area contributed by atoms with Gasteiger partial charge >= 0.3 is 0 Å². The van der Waals surface area contributed by atoms with E-state index >= 15 is 0 Å². The van der Waals surface area contributed by atoms with Gasteiger partial charge in [0.05, 0.1) is 5.69 Å². The summed E-state index contributed by atoms with van der Waals surface area (Å²) in [6, 6.07) is 13.8. The van der Waals surface area contributed by atoms with Gasteiger partial charge in [-0.2, -0.15) is 5.10 Å². The van der Waals surface area contributed by atoms with Crippen molar-refractivity contribution in [1.29, 1.82) is 0 Å². The van der Waals surface area contributed by atoms with E-state index in [1.165, 1.54) is 0 Å². The molecule has 0 aromatic heterocycles. The van der Waals surface area contributed by atoms with Crippen LogP contribution in [0.25, 0.3) is 0 Å². The van der Waals surface area contributed by atoms with Crippen molar-refractivity contribution >= 4 is 52.1 Å². The quantitative estimate of drug-likeness (QED) is 0.306. The zero-order chi connectivity index (χ0) is 21.1. The van der Waals surface area contributed by atoms with Crippen molar-refractivity contribution in [2.75, 3.05) is 10.2 Å². The number of rotatable bonds is 4. The van der Waals surface area contributed by atoms with Crippen molar-refractivity contribution in [2.24, 2.45) is 16.8 Å². The van der Waals surface area contributed by atoms with Crippen molar-refractivity contribution in [3.63, 3.8) is 0 Å². The molecule has 0 radical (unpaired) electrons. The first-order valence-corrected chi connectivity index (χ1v) is 9.14. The Morgan fingerprint density at radius 3 is 2.14 bits per heavy atom. The first-order chi connectivity index (χ1) is 13.8. The first kappa shape index (κ1) is 20.2. The number of thiocarbonyl (C=S) groups is 1. The number of hydrogen-bond acceptors (Lipinski definition) is 5. The van der Waals surface area contributed by atoms with Crippen LogP contribution in [-0.4, -0.2) is 28.5 Å². The Morgan fingerprint density at radius 1 is 1.03 bits per heavy atom. The molecule has 8 nitrogen and oxygen atoms in total. The van der Waals surface area contributed by atoms with Crippen LogP contribution in [0.1, 0.15) is 11.1 Å². The standard InChI is InChI=1S/C20H19N5O3S/c1-11-3-7-13(8-4-11)22-17(26)15-16(23-24-20(21)29)19(28)25(18(15)27)14-9-5-12(2)6-10-14/h3-10,15H,1-2H3,(H,22,26)(H3,21,24,29)/b23-16-. The molecule has 1 atom stereocenters. The number of hydrazone groups is 1. The summed E-state index contributed by atoms with van der Waals surface area (Å²) in [5.74, 6) is -3.53. The molecule has 1 heterocycles. The molecule has 1 saturated heterocycles. The molecular weight excluding hydrogens is 390 g/mol. The highest BCUT2D eigenvalue weighted by molar-refractivity contribution is 7.80. The fraction of sp³-hybridized carbons (Fsp3) is 0.150. The van der Waals surface area contributed by atoms with Crippen molar-refractivity contribution in [1.82, 2.24) is 5.43 Å². The minimum atomic E-state index is -1.44. The van der Waals surface area contributed by atoms with Crippen molar-refractivity contribution in [3.8, 4) is 0 Å². The Hall–Kier alpha value is -3.59. The third kappa shape index (κ3) is 4.30. The first-order valence-electron chi connectivity index (χ1n) is 8.73. The summed E-state index contributed by atoms with van der Waals surface area (Å²) in [6.45, 7) is 3.80. The van der Waals surface area contributed by atoms with Gasteiger partial charge in [-0.05, 0) is 50.3 Å². The summed E-state index contributed by atoms with van der Waals surface area (Å²) in [5.41, 5.74) is 10.2. The second kappa shape index (κ2) is 8.19. The monoisotopic (exact) mass is 409 g/mol. The number of nitrogens with one attached hydrogen (secondary N) is 2. The van der Waals surface area contributed by atoms with E-state index in [9.17, 15) is 14.4 Å². The van der Waals surface area contributed by atoms with Gasteiger partial charge in [-0.3, -0.25) is 19.8 Å². The van der Waals surface area contributed by atoms with Crippen LogP contribution in [-0.2, 0) is 14.4 Å². The predicted molar refractivity (Wildman–Crippen MR) is 114 cm³/mol. The molecular formula is C20H19N5O3S. The lowest BCUT2D eigenvalue weighted by Crippen LogP contribution is -2.35. The second-order valence-corrected chi connectivity index (χ2v) is 7.02. The van der Waals surface area contributed by atoms with Crippen LogP contribution in [0.2, 0.25) is 0 Å². The summed E-state index contributed by atoms with van der Waals surface area (Å²) in [6.07, 6.45) is 0. The van der Waals surface area contributed by atoms with Gasteiger partial charge in [-0.1, -0.05) is 35.4 Å². The summed E-state index contributed by atoms with van der Waals surface area (Å²) in [7, 11) is 0. The van der Waals surface area contributed by atoms with Crippen LogP contribution in [0.4, 0.5) is 11.4 Å². The van der Waals surface area contributed by atoms with Crippen molar-refractivity contribution in [3.05, 3.63) is 59.7 Å². The maximum Gasteiger partial charge on any atom is 0.282 e. The Morgan fingerprint density at radius 2 is 1.59 bits per heavy atom. The average molecular weight is 409 g/mol. The SMILES string of the molecule is Cc1ccc(NC(=O)C2C(=O)N(c3ccc(C)cc3)C(=O)/C2=N\NC(N)=S)cc1. The number of hydrogen-bond donors (Lipinski definition) is 3. The van der Waals surface area contributed by atoms with Gasteiger partial charge in [-0.25, -0.2) is 4.90 Å². The summed E-state index contributed by atoms with van der Waals surface area (Å²) in [4.78, 5) is 39.7. The number of anilines is 2. The van der Waals surface area contributed by atoms with Crippen molar-refractivity contribution in [2.45, 2.75) is 13.8 Å². The molecule has 3 amide bonds. The second-order valence-electron chi connectivity index (χ2n) is 6.58.